The fourth-order valence-electron chi connectivity index (χ4n) is 3.71. The van der Waals surface area contributed by atoms with Gasteiger partial charge in [0.2, 0.25) is 17.8 Å². The number of anilines is 4. The van der Waals surface area contributed by atoms with Crippen molar-refractivity contribution in [2.75, 3.05) is 76.5 Å². The third kappa shape index (κ3) is 7.14. The van der Waals surface area contributed by atoms with Crippen molar-refractivity contribution in [1.29, 1.82) is 0 Å². The summed E-state index contributed by atoms with van der Waals surface area (Å²) in [7, 11) is 5.37. The average Bonchev–Trinajstić information content (AvgIpc) is 2.89. The van der Waals surface area contributed by atoms with Crippen molar-refractivity contribution in [1.82, 2.24) is 29.7 Å². The molecule has 0 radical (unpaired) electrons. The summed E-state index contributed by atoms with van der Waals surface area (Å²) in [6, 6.07) is 9.46. The molecule has 1 fully saturated rings. The molecule has 3 aromatic rings. The van der Waals surface area contributed by atoms with Crippen LogP contribution in [0.2, 0.25) is 0 Å². The molecule has 11 nitrogen and oxygen atoms in total. The van der Waals surface area contributed by atoms with E-state index in [1.807, 2.05) is 30.3 Å². The number of piperazine rings is 1. The molecular weight excluding hydrogens is 446 g/mol. The number of ether oxygens (including phenoxy) is 2. The summed E-state index contributed by atoms with van der Waals surface area (Å²) < 4.78 is 10.7. The van der Waals surface area contributed by atoms with E-state index in [1.165, 1.54) is 0 Å². The van der Waals surface area contributed by atoms with E-state index in [2.05, 4.69) is 52.7 Å². The molecule has 1 aliphatic heterocycles. The molecule has 0 spiro atoms. The van der Waals surface area contributed by atoms with Crippen molar-refractivity contribution >= 4 is 23.5 Å². The second-order valence-corrected chi connectivity index (χ2v) is 8.28. The normalized spacial score (nSPS) is 14.4. The Bertz CT molecular complexity index is 1080. The van der Waals surface area contributed by atoms with Crippen LogP contribution in [0.4, 0.5) is 23.5 Å². The minimum absolute atomic E-state index is 0.423. The van der Waals surface area contributed by atoms with Gasteiger partial charge in [-0.2, -0.15) is 15.0 Å². The molecule has 0 atom stereocenters. The van der Waals surface area contributed by atoms with Gasteiger partial charge < -0.3 is 30.3 Å². The van der Waals surface area contributed by atoms with Crippen LogP contribution in [0.3, 0.4) is 0 Å². The monoisotopic (exact) mass is 479 g/mol. The SMILES string of the molecule is COc1ccc(Nc2nc(NCCN3CCN(C)CC3)nc(NCc3ccncc3)n2)cc1OC. The number of benzene rings is 1. The molecule has 0 aliphatic carbocycles. The van der Waals surface area contributed by atoms with Crippen LogP contribution in [0.5, 0.6) is 11.5 Å². The first-order valence-electron chi connectivity index (χ1n) is 11.7. The predicted molar refractivity (Wildman–Crippen MR) is 137 cm³/mol. The molecule has 35 heavy (non-hydrogen) atoms. The van der Waals surface area contributed by atoms with Gasteiger partial charge in [0, 0.05) is 70.0 Å². The lowest BCUT2D eigenvalue weighted by Gasteiger charge is -2.32. The molecular formula is C24H33N9O2. The van der Waals surface area contributed by atoms with Gasteiger partial charge in [0.25, 0.3) is 0 Å². The Morgan fingerprint density at radius 3 is 2.23 bits per heavy atom. The molecule has 2 aromatic heterocycles. The lowest BCUT2D eigenvalue weighted by atomic mass is 10.3. The van der Waals surface area contributed by atoms with E-state index >= 15 is 0 Å². The van der Waals surface area contributed by atoms with E-state index in [1.54, 1.807) is 26.6 Å². The average molecular weight is 480 g/mol. The summed E-state index contributed by atoms with van der Waals surface area (Å²) in [5, 5.41) is 9.89. The van der Waals surface area contributed by atoms with E-state index < -0.39 is 0 Å². The number of nitrogens with one attached hydrogen (secondary N) is 3. The first kappa shape index (κ1) is 24.4. The van der Waals surface area contributed by atoms with E-state index in [-0.39, 0.29) is 0 Å². The Labute approximate surface area is 205 Å². The van der Waals surface area contributed by atoms with Gasteiger partial charge in [0.15, 0.2) is 11.5 Å². The maximum Gasteiger partial charge on any atom is 0.233 e. The van der Waals surface area contributed by atoms with Crippen molar-refractivity contribution in [3.05, 3.63) is 48.3 Å². The third-order valence-electron chi connectivity index (χ3n) is 5.78. The van der Waals surface area contributed by atoms with Crippen LogP contribution < -0.4 is 25.4 Å². The Morgan fingerprint density at radius 2 is 1.51 bits per heavy atom. The van der Waals surface area contributed by atoms with Gasteiger partial charge in [-0.3, -0.25) is 9.88 Å². The zero-order valence-electron chi connectivity index (χ0n) is 20.5. The van der Waals surface area contributed by atoms with E-state index in [0.29, 0.717) is 35.9 Å². The second-order valence-electron chi connectivity index (χ2n) is 8.28. The van der Waals surface area contributed by atoms with E-state index in [4.69, 9.17) is 9.47 Å². The molecule has 11 heteroatoms. The first-order chi connectivity index (χ1) is 17.1. The fraction of sp³-hybridized carbons (Fsp3) is 0.417. The molecule has 0 saturated carbocycles. The summed E-state index contributed by atoms with van der Waals surface area (Å²) in [6.45, 7) is 6.57. The first-order valence-corrected chi connectivity index (χ1v) is 11.7. The van der Waals surface area contributed by atoms with Crippen molar-refractivity contribution < 1.29 is 9.47 Å². The summed E-state index contributed by atoms with van der Waals surface area (Å²) in [5.74, 6) is 2.68. The van der Waals surface area contributed by atoms with E-state index in [9.17, 15) is 0 Å². The Hall–Kier alpha value is -3.70. The number of likely N-dealkylation sites (N-methyl/N-ethyl adjacent to an activating group) is 1. The number of aromatic nitrogens is 4. The van der Waals surface area contributed by atoms with Crippen LogP contribution in [0.15, 0.2) is 42.7 Å². The number of nitrogens with zero attached hydrogens (tertiary/aromatic N) is 6. The summed E-state index contributed by atoms with van der Waals surface area (Å²) >= 11 is 0. The van der Waals surface area contributed by atoms with Gasteiger partial charge >= 0.3 is 0 Å². The predicted octanol–water partition coefficient (Wildman–Crippen LogP) is 2.30. The number of rotatable bonds is 11. The highest BCUT2D eigenvalue weighted by molar-refractivity contribution is 5.61. The largest absolute Gasteiger partial charge is 0.493 e. The molecule has 1 saturated heterocycles. The standard InChI is InChI=1S/C24H33N9O2/c1-32-12-14-33(15-13-32)11-10-26-22-29-23(27-17-18-6-8-25-9-7-18)31-24(30-22)28-19-4-5-20(34-2)21(16-19)35-3/h4-9,16H,10-15,17H2,1-3H3,(H3,26,27,28,29,30,31). The minimum atomic E-state index is 0.423. The van der Waals surface area contributed by atoms with Crippen LogP contribution in [-0.4, -0.2) is 90.3 Å². The smallest absolute Gasteiger partial charge is 0.233 e. The van der Waals surface area contributed by atoms with Gasteiger partial charge in [-0.1, -0.05) is 0 Å². The molecule has 0 bridgehead atoms. The van der Waals surface area contributed by atoms with Gasteiger partial charge in [-0.05, 0) is 36.9 Å². The minimum Gasteiger partial charge on any atom is -0.493 e. The molecule has 3 N–H and O–H groups in total. The highest BCUT2D eigenvalue weighted by atomic mass is 16.5. The number of methoxy groups -OCH3 is 2. The van der Waals surface area contributed by atoms with Crippen molar-refractivity contribution in [3.8, 4) is 11.5 Å². The highest BCUT2D eigenvalue weighted by Crippen LogP contribution is 2.30. The van der Waals surface area contributed by atoms with Gasteiger partial charge in [-0.25, -0.2) is 0 Å². The van der Waals surface area contributed by atoms with Crippen LogP contribution in [-0.2, 0) is 6.54 Å². The van der Waals surface area contributed by atoms with Crippen molar-refractivity contribution in [3.63, 3.8) is 0 Å². The maximum atomic E-state index is 5.41. The maximum absolute atomic E-state index is 5.41. The van der Waals surface area contributed by atoms with Crippen molar-refractivity contribution in [2.45, 2.75) is 6.54 Å². The zero-order chi connectivity index (χ0) is 24.5. The quantitative estimate of drug-likeness (QED) is 0.376. The Kier molecular flexibility index (Phi) is 8.47. The van der Waals surface area contributed by atoms with Crippen LogP contribution in [0.25, 0.3) is 0 Å². The molecule has 1 aromatic carbocycles. The number of hydrogen-bond acceptors (Lipinski definition) is 11. The summed E-state index contributed by atoms with van der Waals surface area (Å²) in [6.07, 6.45) is 3.53. The van der Waals surface area contributed by atoms with Crippen LogP contribution >= 0.6 is 0 Å². The van der Waals surface area contributed by atoms with Gasteiger partial charge in [0.1, 0.15) is 0 Å². The Balaban J connectivity index is 1.46. The van der Waals surface area contributed by atoms with Crippen LogP contribution in [0, 0.1) is 0 Å². The van der Waals surface area contributed by atoms with E-state index in [0.717, 1.165) is 50.5 Å². The zero-order valence-corrected chi connectivity index (χ0v) is 20.5. The third-order valence-corrected chi connectivity index (χ3v) is 5.78. The fourth-order valence-corrected chi connectivity index (χ4v) is 3.71. The second kappa shape index (κ2) is 12.1. The van der Waals surface area contributed by atoms with Gasteiger partial charge in [-0.15, -0.1) is 0 Å². The molecule has 0 unspecified atom stereocenters. The topological polar surface area (TPSA) is 113 Å². The Morgan fingerprint density at radius 1 is 0.829 bits per heavy atom. The number of pyridine rings is 1. The number of hydrogen-bond donors (Lipinski definition) is 3. The lowest BCUT2D eigenvalue weighted by molar-refractivity contribution is 0.158. The molecule has 3 heterocycles. The van der Waals surface area contributed by atoms with Crippen LogP contribution in [0.1, 0.15) is 5.56 Å². The summed E-state index contributed by atoms with van der Waals surface area (Å²) in [4.78, 5) is 22.6. The lowest BCUT2D eigenvalue weighted by Crippen LogP contribution is -2.45. The summed E-state index contributed by atoms with van der Waals surface area (Å²) in [5.41, 5.74) is 1.86. The molecule has 186 valence electrons. The van der Waals surface area contributed by atoms with Crippen molar-refractivity contribution in [2.24, 2.45) is 0 Å². The molecule has 0 amide bonds. The molecule has 4 rings (SSSR count). The van der Waals surface area contributed by atoms with Gasteiger partial charge in [0.05, 0.1) is 14.2 Å². The highest BCUT2D eigenvalue weighted by Gasteiger charge is 2.14. The molecule has 1 aliphatic rings.